The van der Waals surface area contributed by atoms with E-state index in [1.165, 1.54) is 18.3 Å². The van der Waals surface area contributed by atoms with Gasteiger partial charge in [0.05, 0.1) is 17.4 Å². The Balaban J connectivity index is 2.09. The zero-order valence-corrected chi connectivity index (χ0v) is 12.2. The number of nitrogens with two attached hydrogens (primary N) is 1. The van der Waals surface area contributed by atoms with Gasteiger partial charge in [0.15, 0.2) is 5.69 Å². The molecule has 0 bridgehead atoms. The number of nitrogens with one attached hydrogen (secondary N) is 1. The summed E-state index contributed by atoms with van der Waals surface area (Å²) in [5.74, 6) is -0.430. The number of unbranched alkanes of at least 4 members (excludes halogenated alkanes) is 1. The number of carbonyl (C=O) groups excluding carboxylic acids is 1. The third-order valence-corrected chi connectivity index (χ3v) is 3.08. The van der Waals surface area contributed by atoms with Crippen molar-refractivity contribution in [3.05, 3.63) is 41.7 Å². The summed E-state index contributed by atoms with van der Waals surface area (Å²) >= 11 is 0. The fraction of sp³-hybridized carbons (Fsp3) is 0.357. The zero-order chi connectivity index (χ0) is 16.9. The Kier molecular flexibility index (Phi) is 5.32. The molecule has 2 aromatic rings. The van der Waals surface area contributed by atoms with E-state index in [1.54, 1.807) is 0 Å². The second kappa shape index (κ2) is 7.23. The van der Waals surface area contributed by atoms with Gasteiger partial charge in [0.2, 0.25) is 0 Å². The van der Waals surface area contributed by atoms with Gasteiger partial charge < -0.3 is 11.1 Å². The standard InChI is InChI=1S/C14H16F3N5O/c15-14(16,17)10-4-3-5-11(8-10)22-9-12(20-21-22)13(23)19-7-2-1-6-18/h3-5,8-9H,1-2,6-7,18H2,(H,19,23). The third-order valence-electron chi connectivity index (χ3n) is 3.08. The fourth-order valence-electron chi connectivity index (χ4n) is 1.88. The highest BCUT2D eigenvalue weighted by Crippen LogP contribution is 2.30. The fourth-order valence-corrected chi connectivity index (χ4v) is 1.88. The lowest BCUT2D eigenvalue weighted by Gasteiger charge is -2.08. The van der Waals surface area contributed by atoms with Gasteiger partial charge in [-0.2, -0.15) is 13.2 Å². The first-order valence-corrected chi connectivity index (χ1v) is 7.00. The van der Waals surface area contributed by atoms with Crippen LogP contribution in [0.1, 0.15) is 28.9 Å². The van der Waals surface area contributed by atoms with Gasteiger partial charge in [-0.25, -0.2) is 4.68 Å². The molecule has 0 aliphatic heterocycles. The molecule has 0 aliphatic carbocycles. The first kappa shape index (κ1) is 16.9. The molecule has 9 heteroatoms. The van der Waals surface area contributed by atoms with Crippen molar-refractivity contribution < 1.29 is 18.0 Å². The predicted molar refractivity (Wildman–Crippen MR) is 77.0 cm³/mol. The second-order valence-electron chi connectivity index (χ2n) is 4.85. The summed E-state index contributed by atoms with van der Waals surface area (Å²) in [6.45, 7) is 0.994. The van der Waals surface area contributed by atoms with E-state index in [0.29, 0.717) is 13.1 Å². The van der Waals surface area contributed by atoms with Crippen molar-refractivity contribution in [1.82, 2.24) is 20.3 Å². The number of nitrogens with zero attached hydrogens (tertiary/aromatic N) is 3. The molecule has 0 saturated carbocycles. The van der Waals surface area contributed by atoms with E-state index in [0.717, 1.165) is 29.7 Å². The van der Waals surface area contributed by atoms with Crippen LogP contribution in [-0.4, -0.2) is 34.0 Å². The third kappa shape index (κ3) is 4.52. The van der Waals surface area contributed by atoms with Gasteiger partial charge in [-0.15, -0.1) is 5.10 Å². The molecule has 0 aliphatic rings. The maximum absolute atomic E-state index is 12.7. The van der Waals surface area contributed by atoms with Crippen molar-refractivity contribution in [2.75, 3.05) is 13.1 Å². The number of aromatic nitrogens is 3. The number of halogens is 3. The second-order valence-corrected chi connectivity index (χ2v) is 4.85. The molecule has 0 fully saturated rings. The number of carbonyl (C=O) groups is 1. The largest absolute Gasteiger partial charge is 0.416 e. The maximum Gasteiger partial charge on any atom is 0.416 e. The average Bonchev–Trinajstić information content (AvgIpc) is 3.01. The molecule has 0 spiro atoms. The van der Waals surface area contributed by atoms with Gasteiger partial charge in [0.25, 0.3) is 5.91 Å². The van der Waals surface area contributed by atoms with Crippen LogP contribution >= 0.6 is 0 Å². The van der Waals surface area contributed by atoms with Gasteiger partial charge in [-0.05, 0) is 37.6 Å². The Morgan fingerprint density at radius 2 is 2.09 bits per heavy atom. The topological polar surface area (TPSA) is 85.8 Å². The number of rotatable bonds is 6. The van der Waals surface area contributed by atoms with E-state index < -0.39 is 17.6 Å². The summed E-state index contributed by atoms with van der Waals surface area (Å²) in [5, 5.41) is 10.0. The van der Waals surface area contributed by atoms with Crippen LogP contribution in [0.2, 0.25) is 0 Å². The molecule has 124 valence electrons. The quantitative estimate of drug-likeness (QED) is 0.792. The van der Waals surface area contributed by atoms with Crippen molar-refractivity contribution in [2.24, 2.45) is 5.73 Å². The molecular weight excluding hydrogens is 311 g/mol. The number of benzene rings is 1. The van der Waals surface area contributed by atoms with Gasteiger partial charge in [0, 0.05) is 6.54 Å². The molecule has 6 nitrogen and oxygen atoms in total. The lowest BCUT2D eigenvalue weighted by atomic mass is 10.2. The number of hydrogen-bond donors (Lipinski definition) is 2. The Morgan fingerprint density at radius 3 is 2.78 bits per heavy atom. The Hall–Kier alpha value is -2.42. The van der Waals surface area contributed by atoms with Crippen LogP contribution in [0.5, 0.6) is 0 Å². The molecule has 0 unspecified atom stereocenters. The Morgan fingerprint density at radius 1 is 1.30 bits per heavy atom. The first-order chi connectivity index (χ1) is 10.9. The monoisotopic (exact) mass is 327 g/mol. The minimum Gasteiger partial charge on any atom is -0.351 e. The molecule has 1 aromatic carbocycles. The van der Waals surface area contributed by atoms with E-state index in [4.69, 9.17) is 5.73 Å². The van der Waals surface area contributed by atoms with Crippen LogP contribution < -0.4 is 11.1 Å². The Bertz CT molecular complexity index is 668. The van der Waals surface area contributed by atoms with Crippen LogP contribution in [0, 0.1) is 0 Å². The molecule has 2 rings (SSSR count). The van der Waals surface area contributed by atoms with Crippen molar-refractivity contribution in [2.45, 2.75) is 19.0 Å². The average molecular weight is 327 g/mol. The predicted octanol–water partition coefficient (Wildman–Crippen LogP) is 1.75. The summed E-state index contributed by atoms with van der Waals surface area (Å²) in [6, 6.07) is 4.63. The van der Waals surface area contributed by atoms with Crippen molar-refractivity contribution in [3.8, 4) is 5.69 Å². The molecule has 0 saturated heterocycles. The van der Waals surface area contributed by atoms with Gasteiger partial charge in [-0.3, -0.25) is 4.79 Å². The van der Waals surface area contributed by atoms with Crippen LogP contribution in [-0.2, 0) is 6.18 Å². The smallest absolute Gasteiger partial charge is 0.351 e. The van der Waals surface area contributed by atoms with E-state index in [9.17, 15) is 18.0 Å². The van der Waals surface area contributed by atoms with E-state index >= 15 is 0 Å². The maximum atomic E-state index is 12.7. The molecular formula is C14H16F3N5O. The Labute approximate surface area is 130 Å². The van der Waals surface area contributed by atoms with Crippen LogP contribution in [0.15, 0.2) is 30.5 Å². The summed E-state index contributed by atoms with van der Waals surface area (Å²) in [4.78, 5) is 11.8. The lowest BCUT2D eigenvalue weighted by molar-refractivity contribution is -0.137. The van der Waals surface area contributed by atoms with E-state index in [1.807, 2.05) is 0 Å². The van der Waals surface area contributed by atoms with Gasteiger partial charge in [0.1, 0.15) is 0 Å². The lowest BCUT2D eigenvalue weighted by Crippen LogP contribution is -2.25. The van der Waals surface area contributed by atoms with Crippen molar-refractivity contribution in [3.63, 3.8) is 0 Å². The number of alkyl halides is 3. The van der Waals surface area contributed by atoms with Crippen molar-refractivity contribution >= 4 is 5.91 Å². The van der Waals surface area contributed by atoms with Crippen molar-refractivity contribution in [1.29, 1.82) is 0 Å². The highest BCUT2D eigenvalue weighted by Gasteiger charge is 2.30. The van der Waals surface area contributed by atoms with E-state index in [2.05, 4.69) is 15.6 Å². The number of amides is 1. The minimum absolute atomic E-state index is 0.0372. The van der Waals surface area contributed by atoms with Crippen LogP contribution in [0.25, 0.3) is 5.69 Å². The summed E-state index contributed by atoms with van der Waals surface area (Å²) in [5.41, 5.74) is 4.77. The van der Waals surface area contributed by atoms with Crippen LogP contribution in [0.3, 0.4) is 0 Å². The molecule has 0 radical (unpaired) electrons. The van der Waals surface area contributed by atoms with E-state index in [-0.39, 0.29) is 11.4 Å². The summed E-state index contributed by atoms with van der Waals surface area (Å²) in [6.07, 6.45) is -1.63. The zero-order valence-electron chi connectivity index (χ0n) is 12.2. The normalized spacial score (nSPS) is 11.5. The first-order valence-electron chi connectivity index (χ1n) is 7.00. The highest BCUT2D eigenvalue weighted by molar-refractivity contribution is 5.91. The molecule has 0 atom stereocenters. The number of hydrogen-bond acceptors (Lipinski definition) is 4. The molecule has 1 heterocycles. The molecule has 3 N–H and O–H groups in total. The van der Waals surface area contributed by atoms with Crippen LogP contribution in [0.4, 0.5) is 13.2 Å². The highest BCUT2D eigenvalue weighted by atomic mass is 19.4. The molecule has 23 heavy (non-hydrogen) atoms. The van der Waals surface area contributed by atoms with Gasteiger partial charge >= 0.3 is 6.18 Å². The van der Waals surface area contributed by atoms with Gasteiger partial charge in [-0.1, -0.05) is 11.3 Å². The molecule has 1 amide bonds. The summed E-state index contributed by atoms with van der Waals surface area (Å²) in [7, 11) is 0. The minimum atomic E-state index is -4.44. The summed E-state index contributed by atoms with van der Waals surface area (Å²) < 4.78 is 39.2. The SMILES string of the molecule is NCCCCNC(=O)c1cn(-c2cccc(C(F)(F)F)c2)nn1. The molecule has 1 aromatic heterocycles.